The molecule has 1 saturated heterocycles. The number of nitrogens with one attached hydrogen (secondary N) is 1. The molecule has 166 valence electrons. The lowest BCUT2D eigenvalue weighted by atomic mass is 10.2. The number of carboxylic acid groups (broad SMARTS) is 1. The highest BCUT2D eigenvalue weighted by molar-refractivity contribution is 7.80. The molecule has 4 rings (SSSR count). The van der Waals surface area contributed by atoms with Crippen LogP contribution in [0.3, 0.4) is 0 Å². The van der Waals surface area contributed by atoms with Crippen molar-refractivity contribution >= 4 is 46.2 Å². The number of piperazine rings is 1. The highest BCUT2D eigenvalue weighted by Crippen LogP contribution is 2.16. The van der Waals surface area contributed by atoms with Gasteiger partial charge in [-0.2, -0.15) is 4.98 Å². The molecule has 0 atom stereocenters. The van der Waals surface area contributed by atoms with Gasteiger partial charge in [-0.15, -0.1) is 0 Å². The number of carboxylic acids is 1. The summed E-state index contributed by atoms with van der Waals surface area (Å²) in [6, 6.07) is 3.18. The van der Waals surface area contributed by atoms with E-state index in [0.717, 1.165) is 0 Å². The van der Waals surface area contributed by atoms with Gasteiger partial charge in [0.1, 0.15) is 11.2 Å². The maximum Gasteiger partial charge on any atom is 0.341 e. The number of amides is 1. The molecule has 0 radical (unpaired) electrons. The van der Waals surface area contributed by atoms with E-state index in [-0.39, 0.29) is 16.7 Å². The number of carbonyl (C=O) groups excluding carboxylic acids is 1. The number of pyridine rings is 1. The Morgan fingerprint density at radius 3 is 2.66 bits per heavy atom. The zero-order chi connectivity index (χ0) is 22.8. The summed E-state index contributed by atoms with van der Waals surface area (Å²) < 4.78 is 6.70. The van der Waals surface area contributed by atoms with E-state index in [1.54, 1.807) is 16.7 Å². The van der Waals surface area contributed by atoms with Crippen molar-refractivity contribution in [2.24, 2.45) is 0 Å². The summed E-state index contributed by atoms with van der Waals surface area (Å²) in [7, 11) is 0. The molecule has 0 bridgehead atoms. The molecule has 3 aromatic rings. The van der Waals surface area contributed by atoms with E-state index in [1.807, 2.05) is 16.7 Å². The second kappa shape index (κ2) is 8.75. The van der Waals surface area contributed by atoms with Gasteiger partial charge in [0.25, 0.3) is 5.91 Å². The number of rotatable bonds is 4. The predicted molar refractivity (Wildman–Crippen MR) is 119 cm³/mol. The summed E-state index contributed by atoms with van der Waals surface area (Å²) in [6.07, 6.45) is 4.10. The number of fused-ring (bicyclic) bond motifs is 1. The largest absolute Gasteiger partial charge is 0.477 e. The highest BCUT2D eigenvalue weighted by atomic mass is 32.1. The molecule has 2 N–H and O–H groups in total. The van der Waals surface area contributed by atoms with E-state index >= 15 is 0 Å². The van der Waals surface area contributed by atoms with Crippen LogP contribution in [0.25, 0.3) is 11.0 Å². The van der Waals surface area contributed by atoms with Gasteiger partial charge < -0.3 is 23.9 Å². The lowest BCUT2D eigenvalue weighted by Gasteiger charge is -2.35. The second-order valence-corrected chi connectivity index (χ2v) is 7.47. The second-order valence-electron chi connectivity index (χ2n) is 7.08. The van der Waals surface area contributed by atoms with Crippen LogP contribution in [0.2, 0.25) is 0 Å². The van der Waals surface area contributed by atoms with Crippen LogP contribution in [0, 0.1) is 0 Å². The monoisotopic (exact) mass is 456 g/mol. The number of aromatic carboxylic acids is 1. The van der Waals surface area contributed by atoms with Gasteiger partial charge in [-0.25, -0.2) is 9.78 Å². The fourth-order valence-corrected chi connectivity index (χ4v) is 3.74. The molecule has 0 aliphatic carbocycles. The molecule has 1 aliphatic rings. The molecule has 0 saturated carbocycles. The quantitative estimate of drug-likeness (QED) is 0.546. The number of furan rings is 1. The lowest BCUT2D eigenvalue weighted by molar-refractivity contribution is 0.0694. The molecule has 0 spiro atoms. The smallest absolute Gasteiger partial charge is 0.341 e. The molecule has 0 aromatic carbocycles. The molecule has 1 aliphatic heterocycles. The summed E-state index contributed by atoms with van der Waals surface area (Å²) in [5.41, 5.74) is -0.531. The molecule has 32 heavy (non-hydrogen) atoms. The average molecular weight is 456 g/mol. The third kappa shape index (κ3) is 4.04. The van der Waals surface area contributed by atoms with Crippen molar-refractivity contribution < 1.29 is 19.1 Å². The number of anilines is 1. The molecule has 12 heteroatoms. The minimum absolute atomic E-state index is 0.163. The first kappa shape index (κ1) is 21.4. The Kier molecular flexibility index (Phi) is 5.86. The fraction of sp³-hybridized carbons (Fsp3) is 0.300. The molecule has 11 nitrogen and oxygen atoms in total. The third-order valence-electron chi connectivity index (χ3n) is 5.19. The van der Waals surface area contributed by atoms with Gasteiger partial charge in [-0.1, -0.05) is 0 Å². The average Bonchev–Trinajstić information content (AvgIpc) is 3.34. The molecule has 3 aromatic heterocycles. The Hall–Kier alpha value is -3.80. The lowest BCUT2D eigenvalue weighted by Crippen LogP contribution is -2.53. The Morgan fingerprint density at radius 1 is 1.28 bits per heavy atom. The number of carbonyl (C=O) groups is 2. The molecular weight excluding hydrogens is 436 g/mol. The number of aryl methyl sites for hydroxylation is 1. The minimum atomic E-state index is -1.28. The first-order valence-electron chi connectivity index (χ1n) is 9.91. The predicted octanol–water partition coefficient (Wildman–Crippen LogP) is 0.939. The van der Waals surface area contributed by atoms with Crippen molar-refractivity contribution in [3.05, 3.63) is 52.3 Å². The maximum atomic E-state index is 12.5. The number of hydrogen-bond donors (Lipinski definition) is 2. The van der Waals surface area contributed by atoms with Crippen LogP contribution in [0.15, 0.2) is 40.0 Å². The summed E-state index contributed by atoms with van der Waals surface area (Å²) in [5, 5.41) is 12.4. The number of aromatic nitrogens is 3. The van der Waals surface area contributed by atoms with Gasteiger partial charge in [-0.05, 0) is 31.3 Å². The van der Waals surface area contributed by atoms with Crippen LogP contribution in [-0.4, -0.2) is 67.7 Å². The standard InChI is InChI=1S/C20H20N6O5S/c1-2-24-11-13(18(29)30)15(27)12-10-21-19(22-16(12)24)25-5-7-26(8-6-25)20(32)23-17(28)14-4-3-9-31-14/h3-4,9-11H,2,5-8H2,1H3,(H,29,30)(H,23,28,32). The van der Waals surface area contributed by atoms with E-state index in [4.69, 9.17) is 16.6 Å². The first-order valence-corrected chi connectivity index (χ1v) is 10.3. The summed E-state index contributed by atoms with van der Waals surface area (Å²) in [4.78, 5) is 48.6. The number of nitrogens with zero attached hydrogens (tertiary/aromatic N) is 5. The summed E-state index contributed by atoms with van der Waals surface area (Å²) in [6.45, 7) is 4.46. The van der Waals surface area contributed by atoms with Gasteiger partial charge in [0, 0.05) is 45.1 Å². The summed E-state index contributed by atoms with van der Waals surface area (Å²) in [5.74, 6) is -1.07. The highest BCUT2D eigenvalue weighted by Gasteiger charge is 2.24. The van der Waals surface area contributed by atoms with Crippen LogP contribution in [0.5, 0.6) is 0 Å². The van der Waals surface area contributed by atoms with Crippen molar-refractivity contribution in [1.82, 2.24) is 24.8 Å². The van der Waals surface area contributed by atoms with E-state index in [1.165, 1.54) is 18.7 Å². The van der Waals surface area contributed by atoms with Crippen molar-refractivity contribution in [2.75, 3.05) is 31.1 Å². The zero-order valence-electron chi connectivity index (χ0n) is 17.1. The van der Waals surface area contributed by atoms with E-state index in [0.29, 0.717) is 49.4 Å². The van der Waals surface area contributed by atoms with E-state index < -0.39 is 17.3 Å². The van der Waals surface area contributed by atoms with Crippen molar-refractivity contribution in [1.29, 1.82) is 0 Å². The van der Waals surface area contributed by atoms with Crippen LogP contribution in [0.4, 0.5) is 5.95 Å². The van der Waals surface area contributed by atoms with Crippen LogP contribution in [-0.2, 0) is 6.54 Å². The normalized spacial score (nSPS) is 13.9. The number of hydrogen-bond acceptors (Lipinski definition) is 8. The van der Waals surface area contributed by atoms with Crippen LogP contribution in [0.1, 0.15) is 27.8 Å². The molecule has 1 fully saturated rings. The SMILES string of the molecule is CCn1cc(C(=O)O)c(=O)c2cnc(N3CCN(C(=S)NC(=O)c4ccco4)CC3)nc21. The fourth-order valence-electron chi connectivity index (χ4n) is 3.46. The van der Waals surface area contributed by atoms with Crippen molar-refractivity contribution in [3.63, 3.8) is 0 Å². The van der Waals surface area contributed by atoms with Gasteiger partial charge in [0.2, 0.25) is 11.4 Å². The Morgan fingerprint density at radius 2 is 2.03 bits per heavy atom. The summed E-state index contributed by atoms with van der Waals surface area (Å²) >= 11 is 5.34. The Labute approximate surface area is 187 Å². The van der Waals surface area contributed by atoms with Crippen LogP contribution >= 0.6 is 12.2 Å². The van der Waals surface area contributed by atoms with Gasteiger partial charge in [0.15, 0.2) is 10.9 Å². The number of thiocarbonyl (C=S) groups is 1. The van der Waals surface area contributed by atoms with Gasteiger partial charge >= 0.3 is 5.97 Å². The maximum absolute atomic E-state index is 12.5. The van der Waals surface area contributed by atoms with E-state index in [9.17, 15) is 19.5 Å². The van der Waals surface area contributed by atoms with Gasteiger partial charge in [0.05, 0.1) is 11.6 Å². The van der Waals surface area contributed by atoms with Crippen LogP contribution < -0.4 is 15.6 Å². The molecule has 0 unspecified atom stereocenters. The zero-order valence-corrected chi connectivity index (χ0v) is 18.0. The first-order chi connectivity index (χ1) is 15.4. The van der Waals surface area contributed by atoms with Crippen molar-refractivity contribution in [3.8, 4) is 0 Å². The Balaban J connectivity index is 1.48. The van der Waals surface area contributed by atoms with Crippen molar-refractivity contribution in [2.45, 2.75) is 13.5 Å². The van der Waals surface area contributed by atoms with Gasteiger partial charge in [-0.3, -0.25) is 14.9 Å². The topological polar surface area (TPSA) is 134 Å². The molecule has 1 amide bonds. The molecule has 4 heterocycles. The Bertz CT molecular complexity index is 1250. The molecular formula is C20H20N6O5S. The minimum Gasteiger partial charge on any atom is -0.477 e. The van der Waals surface area contributed by atoms with E-state index in [2.05, 4.69) is 15.3 Å². The third-order valence-corrected chi connectivity index (χ3v) is 5.55.